The number of nitrogens with one attached hydrogen (secondary N) is 2. The quantitative estimate of drug-likeness (QED) is 0.533. The highest BCUT2D eigenvalue weighted by molar-refractivity contribution is 6.34. The summed E-state index contributed by atoms with van der Waals surface area (Å²) in [7, 11) is 0. The van der Waals surface area contributed by atoms with Gasteiger partial charge in [0.25, 0.3) is 5.91 Å². The van der Waals surface area contributed by atoms with Crippen LogP contribution < -0.4 is 10.1 Å². The topological polar surface area (TPSA) is 70.2 Å². The highest BCUT2D eigenvalue weighted by atomic mass is 35.5. The SMILES string of the molecule is CCN1CCC(Oc2ccc3c(c2)C(=Cc2ncc(-c4cccc(Cl)c4)[nH]2)C(=O)N3)CC1. The first-order valence-electron chi connectivity index (χ1n) is 11.0. The number of imidazole rings is 1. The van der Waals surface area contributed by atoms with E-state index in [1.807, 2.05) is 42.5 Å². The Bertz CT molecular complexity index is 1180. The first-order valence-corrected chi connectivity index (χ1v) is 11.3. The van der Waals surface area contributed by atoms with Gasteiger partial charge in [-0.15, -0.1) is 0 Å². The lowest BCUT2D eigenvalue weighted by atomic mass is 10.1. The maximum Gasteiger partial charge on any atom is 0.256 e. The van der Waals surface area contributed by atoms with Crippen LogP contribution in [0, 0.1) is 0 Å². The Morgan fingerprint density at radius 2 is 2.06 bits per heavy atom. The molecule has 0 unspecified atom stereocenters. The van der Waals surface area contributed by atoms with E-state index in [0.717, 1.165) is 60.7 Å². The molecule has 5 rings (SSSR count). The average molecular weight is 449 g/mol. The Balaban J connectivity index is 1.37. The van der Waals surface area contributed by atoms with Crippen molar-refractivity contribution in [2.24, 2.45) is 0 Å². The van der Waals surface area contributed by atoms with Crippen LogP contribution in [-0.4, -0.2) is 46.5 Å². The molecule has 2 N–H and O–H groups in total. The molecule has 0 aliphatic carbocycles. The standard InChI is InChI=1S/C25H25ClN4O2/c1-2-30-10-8-18(9-11-30)32-19-6-7-22-20(13-19)21(25(31)29-22)14-24-27-15-23(28-24)16-4-3-5-17(26)12-16/h3-7,12-15,18H,2,8-11H2,1H3,(H,27,28)(H,29,31). The number of halogens is 1. The van der Waals surface area contributed by atoms with Gasteiger partial charge in [-0.2, -0.15) is 0 Å². The molecule has 2 aliphatic rings. The van der Waals surface area contributed by atoms with Crippen molar-refractivity contribution in [3.05, 3.63) is 65.1 Å². The number of aromatic amines is 1. The van der Waals surface area contributed by atoms with Crippen molar-refractivity contribution in [2.45, 2.75) is 25.9 Å². The lowest BCUT2D eigenvalue weighted by molar-refractivity contribution is -0.110. The van der Waals surface area contributed by atoms with E-state index in [-0.39, 0.29) is 12.0 Å². The molecule has 0 spiro atoms. The van der Waals surface area contributed by atoms with Crippen LogP contribution in [0.3, 0.4) is 0 Å². The summed E-state index contributed by atoms with van der Waals surface area (Å²) in [6.07, 6.45) is 5.76. The third kappa shape index (κ3) is 4.29. The molecular formula is C25H25ClN4O2. The van der Waals surface area contributed by atoms with Crippen molar-refractivity contribution < 1.29 is 9.53 Å². The zero-order valence-electron chi connectivity index (χ0n) is 17.9. The summed E-state index contributed by atoms with van der Waals surface area (Å²) in [5, 5.41) is 3.59. The van der Waals surface area contributed by atoms with E-state index >= 15 is 0 Å². The highest BCUT2D eigenvalue weighted by Gasteiger charge is 2.26. The molecule has 0 bridgehead atoms. The Morgan fingerprint density at radius 3 is 2.84 bits per heavy atom. The van der Waals surface area contributed by atoms with Gasteiger partial charge in [0, 0.05) is 34.9 Å². The number of rotatable bonds is 5. The fraction of sp³-hybridized carbons (Fsp3) is 0.280. The molecular weight excluding hydrogens is 424 g/mol. The molecule has 1 saturated heterocycles. The van der Waals surface area contributed by atoms with Crippen LogP contribution >= 0.6 is 11.6 Å². The Morgan fingerprint density at radius 1 is 1.22 bits per heavy atom. The van der Waals surface area contributed by atoms with Crippen molar-refractivity contribution in [1.29, 1.82) is 0 Å². The number of benzene rings is 2. The van der Waals surface area contributed by atoms with E-state index in [2.05, 4.69) is 27.1 Å². The maximum atomic E-state index is 12.6. The second kappa shape index (κ2) is 8.81. The predicted octanol–water partition coefficient (Wildman–Crippen LogP) is 5.09. The number of aromatic nitrogens is 2. The van der Waals surface area contributed by atoms with E-state index < -0.39 is 0 Å². The minimum atomic E-state index is -0.144. The molecule has 1 amide bonds. The van der Waals surface area contributed by atoms with Crippen LogP contribution in [-0.2, 0) is 4.79 Å². The van der Waals surface area contributed by atoms with E-state index in [1.165, 1.54) is 0 Å². The van der Waals surface area contributed by atoms with Crippen LogP contribution in [0.5, 0.6) is 5.75 Å². The largest absolute Gasteiger partial charge is 0.490 e. The van der Waals surface area contributed by atoms with Gasteiger partial charge < -0.3 is 19.9 Å². The number of piperidine rings is 1. The van der Waals surface area contributed by atoms with Gasteiger partial charge in [-0.05, 0) is 55.8 Å². The summed E-state index contributed by atoms with van der Waals surface area (Å²) in [6.45, 7) is 5.39. The van der Waals surface area contributed by atoms with Gasteiger partial charge in [-0.1, -0.05) is 30.7 Å². The van der Waals surface area contributed by atoms with Crippen LogP contribution in [0.4, 0.5) is 5.69 Å². The van der Waals surface area contributed by atoms with Crippen molar-refractivity contribution in [3.8, 4) is 17.0 Å². The Hall–Kier alpha value is -3.09. The van der Waals surface area contributed by atoms with Crippen molar-refractivity contribution >= 4 is 34.8 Å². The summed E-state index contributed by atoms with van der Waals surface area (Å²) < 4.78 is 6.25. The number of amides is 1. The summed E-state index contributed by atoms with van der Waals surface area (Å²) in [4.78, 5) is 22.8. The van der Waals surface area contributed by atoms with Gasteiger partial charge in [0.15, 0.2) is 0 Å². The van der Waals surface area contributed by atoms with Gasteiger partial charge in [0.1, 0.15) is 17.7 Å². The number of carbonyl (C=O) groups excluding carboxylic acids is 1. The van der Waals surface area contributed by atoms with Crippen molar-refractivity contribution in [3.63, 3.8) is 0 Å². The highest BCUT2D eigenvalue weighted by Crippen LogP contribution is 2.36. The number of hydrogen-bond donors (Lipinski definition) is 2. The number of carbonyl (C=O) groups is 1. The number of fused-ring (bicyclic) bond motifs is 1. The number of anilines is 1. The van der Waals surface area contributed by atoms with Crippen LogP contribution in [0.1, 0.15) is 31.2 Å². The first kappa shape index (κ1) is 20.8. The van der Waals surface area contributed by atoms with Gasteiger partial charge in [-0.25, -0.2) is 4.98 Å². The minimum Gasteiger partial charge on any atom is -0.490 e. The Labute approximate surface area is 192 Å². The van der Waals surface area contributed by atoms with Crippen LogP contribution in [0.25, 0.3) is 22.9 Å². The van der Waals surface area contributed by atoms with Crippen molar-refractivity contribution in [2.75, 3.05) is 25.0 Å². The number of H-pyrrole nitrogens is 1. The number of likely N-dealkylation sites (tertiary alicyclic amines) is 1. The van der Waals surface area contributed by atoms with Crippen molar-refractivity contribution in [1.82, 2.24) is 14.9 Å². The first-order chi connectivity index (χ1) is 15.6. The molecule has 1 fully saturated rings. The third-order valence-electron chi connectivity index (χ3n) is 6.07. The lowest BCUT2D eigenvalue weighted by Gasteiger charge is -2.31. The lowest BCUT2D eigenvalue weighted by Crippen LogP contribution is -2.37. The van der Waals surface area contributed by atoms with Gasteiger partial charge in [0.2, 0.25) is 0 Å². The molecule has 2 aliphatic heterocycles. The fourth-order valence-corrected chi connectivity index (χ4v) is 4.46. The molecule has 1 aromatic heterocycles. The van der Waals surface area contributed by atoms with Gasteiger partial charge in [-0.3, -0.25) is 4.79 Å². The second-order valence-electron chi connectivity index (χ2n) is 8.16. The van der Waals surface area contributed by atoms with Gasteiger partial charge in [0.05, 0.1) is 17.5 Å². The molecule has 0 saturated carbocycles. The van der Waals surface area contributed by atoms with E-state index in [9.17, 15) is 4.79 Å². The zero-order valence-corrected chi connectivity index (χ0v) is 18.7. The second-order valence-corrected chi connectivity index (χ2v) is 8.60. The molecule has 6 nitrogen and oxygen atoms in total. The van der Waals surface area contributed by atoms with E-state index in [1.54, 1.807) is 12.3 Å². The molecule has 0 radical (unpaired) electrons. The summed E-state index contributed by atoms with van der Waals surface area (Å²) in [6, 6.07) is 13.3. The molecule has 164 valence electrons. The third-order valence-corrected chi connectivity index (χ3v) is 6.31. The predicted molar refractivity (Wildman–Crippen MR) is 128 cm³/mol. The number of ether oxygens (including phenoxy) is 1. The smallest absolute Gasteiger partial charge is 0.256 e. The average Bonchev–Trinajstić information content (AvgIpc) is 3.39. The molecule has 3 heterocycles. The number of hydrogen-bond acceptors (Lipinski definition) is 4. The molecule has 32 heavy (non-hydrogen) atoms. The summed E-state index contributed by atoms with van der Waals surface area (Å²) in [5.74, 6) is 1.26. The molecule has 7 heteroatoms. The zero-order chi connectivity index (χ0) is 22.1. The molecule has 0 atom stereocenters. The van der Waals surface area contributed by atoms with Gasteiger partial charge >= 0.3 is 0 Å². The molecule has 3 aromatic rings. The Kier molecular flexibility index (Phi) is 5.72. The molecule has 2 aromatic carbocycles. The maximum absolute atomic E-state index is 12.6. The normalized spacial score (nSPS) is 18.1. The summed E-state index contributed by atoms with van der Waals surface area (Å²) in [5.41, 5.74) is 3.97. The minimum absolute atomic E-state index is 0.144. The van der Waals surface area contributed by atoms with E-state index in [4.69, 9.17) is 16.3 Å². The monoisotopic (exact) mass is 448 g/mol. The summed E-state index contributed by atoms with van der Waals surface area (Å²) >= 11 is 6.10. The number of nitrogens with zero attached hydrogens (tertiary/aromatic N) is 2. The van der Waals surface area contributed by atoms with E-state index in [0.29, 0.717) is 16.4 Å². The fourth-order valence-electron chi connectivity index (χ4n) is 4.27. The van der Waals surface area contributed by atoms with Crippen LogP contribution in [0.2, 0.25) is 5.02 Å². The van der Waals surface area contributed by atoms with Crippen LogP contribution in [0.15, 0.2) is 48.7 Å².